The van der Waals surface area contributed by atoms with Gasteiger partial charge in [0.25, 0.3) is 31.2 Å². The molecular formula is C51H41F4N6O8PS2. The molecule has 72 heavy (non-hydrogen) atoms. The molecule has 10 rings (SSSR count). The van der Waals surface area contributed by atoms with E-state index in [2.05, 4.69) is 28.8 Å². The number of nitrogens with zero attached hydrogens (tertiary/aromatic N) is 4. The van der Waals surface area contributed by atoms with Crippen LogP contribution >= 0.6 is 9.90 Å². The minimum absolute atomic E-state index is 0. The van der Waals surface area contributed by atoms with E-state index in [1.54, 1.807) is 38.1 Å². The highest BCUT2D eigenvalue weighted by atomic mass is 32.2. The molecule has 6 aromatic carbocycles. The third kappa shape index (κ3) is 10.5. The molecule has 0 fully saturated rings. The Bertz CT molecular complexity index is 3760. The Kier molecular flexibility index (Phi) is 14.8. The molecule has 0 saturated carbocycles. The Morgan fingerprint density at radius 1 is 0.500 bits per heavy atom. The molecule has 0 spiro atoms. The van der Waals surface area contributed by atoms with Gasteiger partial charge < -0.3 is 9.05 Å². The molecule has 2 N–H and O–H groups in total. The van der Waals surface area contributed by atoms with Crippen molar-refractivity contribution in [2.24, 2.45) is 0 Å². The molecule has 0 saturated heterocycles. The van der Waals surface area contributed by atoms with Gasteiger partial charge in [-0.25, -0.2) is 34.4 Å². The number of nitrogens with one attached hydrogen (secondary N) is 2. The molecule has 368 valence electrons. The zero-order valence-electron chi connectivity index (χ0n) is 37.1. The lowest BCUT2D eigenvalue weighted by Crippen LogP contribution is -2.19. The molecule has 21 heteroatoms. The number of fused-ring (bicyclic) bond motifs is 2. The molecule has 0 radical (unpaired) electrons. The monoisotopic (exact) mass is 1040 g/mol. The Morgan fingerprint density at radius 2 is 0.903 bits per heavy atom. The van der Waals surface area contributed by atoms with Crippen LogP contribution in [0.5, 0.6) is 0 Å². The smallest absolute Gasteiger partial charge is 0.263 e. The average Bonchev–Trinajstić information content (AvgIpc) is 4.05. The number of aryl methyl sites for hydroxylation is 2. The summed E-state index contributed by atoms with van der Waals surface area (Å²) in [7, 11) is -7.94. The van der Waals surface area contributed by atoms with Gasteiger partial charge in [0.2, 0.25) is 0 Å². The first-order chi connectivity index (χ1) is 33.5. The highest BCUT2D eigenvalue weighted by molar-refractivity contribution is 7.93. The van der Waals surface area contributed by atoms with E-state index in [9.17, 15) is 35.2 Å². The number of hydrogen-bond donors (Lipinski definition) is 2. The van der Waals surface area contributed by atoms with Crippen LogP contribution in [-0.4, -0.2) is 36.3 Å². The van der Waals surface area contributed by atoms with Crippen LogP contribution in [0.25, 0.3) is 55.4 Å². The van der Waals surface area contributed by atoms with Crippen LogP contribution in [0, 0.1) is 37.1 Å². The Morgan fingerprint density at radius 3 is 1.26 bits per heavy atom. The van der Waals surface area contributed by atoms with Gasteiger partial charge in [0, 0.05) is 46.2 Å². The number of rotatable bonds is 10. The lowest BCUT2D eigenvalue weighted by Gasteiger charge is -2.16. The van der Waals surface area contributed by atoms with Crippen molar-refractivity contribution in [2.75, 3.05) is 9.44 Å². The topological polar surface area (TPSA) is 188 Å². The number of hydrogen-bond acceptors (Lipinski definition) is 10. The van der Waals surface area contributed by atoms with E-state index in [1.807, 2.05) is 0 Å². The average molecular weight is 1040 g/mol. The summed E-state index contributed by atoms with van der Waals surface area (Å²) in [5.41, 5.74) is 2.80. The van der Waals surface area contributed by atoms with Crippen LogP contribution in [-0.2, 0) is 20.0 Å². The van der Waals surface area contributed by atoms with Gasteiger partial charge in [0.1, 0.15) is 35.8 Å². The second kappa shape index (κ2) is 20.6. The van der Waals surface area contributed by atoms with Crippen molar-refractivity contribution in [3.05, 3.63) is 213 Å². The second-order valence-electron chi connectivity index (χ2n) is 15.7. The predicted octanol–water partition coefficient (Wildman–Crippen LogP) is 10.8. The fourth-order valence-electron chi connectivity index (χ4n) is 7.78. The highest BCUT2D eigenvalue weighted by Crippen LogP contribution is 2.32. The van der Waals surface area contributed by atoms with Crippen LogP contribution in [0.2, 0.25) is 0 Å². The zero-order chi connectivity index (χ0) is 49.5. The van der Waals surface area contributed by atoms with E-state index in [-0.39, 0.29) is 61.3 Å². The van der Waals surface area contributed by atoms with Gasteiger partial charge in [-0.1, -0.05) is 42.0 Å². The number of halogens is 4. The largest absolute Gasteiger partial charge is 0.363 e. The molecule has 0 amide bonds. The Balaban J connectivity index is 0.000000206. The summed E-state index contributed by atoms with van der Waals surface area (Å²) in [6.45, 7) is 3.42. The SMILES string of the molecule is C.Cc1cc(-c2cccc(F)c2)c(F)cc1-n1c(=O)ccc2cc(S(=O)(=O)Nc3ccon3)ccc21.Cc1cc(-c2cccc(F)c2)c(F)cc1-n1c(=O)ccc2cc(S(=O)(=O)Nc3ccon3)ccc21.P. The van der Waals surface area contributed by atoms with Crippen molar-refractivity contribution in [3.63, 3.8) is 0 Å². The highest BCUT2D eigenvalue weighted by Gasteiger charge is 2.21. The number of benzene rings is 6. The molecule has 0 aliphatic carbocycles. The van der Waals surface area contributed by atoms with E-state index >= 15 is 8.78 Å². The van der Waals surface area contributed by atoms with Crippen LogP contribution in [0.3, 0.4) is 0 Å². The fraction of sp³-hybridized carbons (Fsp3) is 0.0588. The maximum absolute atomic E-state index is 15.1. The summed E-state index contributed by atoms with van der Waals surface area (Å²) >= 11 is 0. The first kappa shape index (κ1) is 51.7. The fourth-order valence-corrected chi connectivity index (χ4v) is 9.84. The van der Waals surface area contributed by atoms with Crippen LogP contribution in [0.1, 0.15) is 18.6 Å². The molecule has 0 bridgehead atoms. The first-order valence-electron chi connectivity index (χ1n) is 20.8. The van der Waals surface area contributed by atoms with E-state index in [1.165, 1.54) is 143 Å². The number of aromatic nitrogens is 4. The quantitative estimate of drug-likeness (QED) is 0.0985. The summed E-state index contributed by atoms with van der Waals surface area (Å²) in [4.78, 5) is 25.6. The maximum atomic E-state index is 15.1. The number of pyridine rings is 2. The lowest BCUT2D eigenvalue weighted by atomic mass is 10.0. The summed E-state index contributed by atoms with van der Waals surface area (Å²) in [6.07, 6.45) is 2.47. The van der Waals surface area contributed by atoms with E-state index in [0.29, 0.717) is 44.1 Å². The number of anilines is 2. The van der Waals surface area contributed by atoms with Crippen molar-refractivity contribution in [1.29, 1.82) is 0 Å². The van der Waals surface area contributed by atoms with Gasteiger partial charge in [0.05, 0.1) is 32.2 Å². The summed E-state index contributed by atoms with van der Waals surface area (Å²) < 4.78 is 125. The molecule has 10 aromatic rings. The minimum Gasteiger partial charge on any atom is -0.363 e. The van der Waals surface area contributed by atoms with Crippen LogP contribution < -0.4 is 20.6 Å². The van der Waals surface area contributed by atoms with Gasteiger partial charge in [-0.15, -0.1) is 0 Å². The molecule has 14 nitrogen and oxygen atoms in total. The van der Waals surface area contributed by atoms with Gasteiger partial charge in [-0.2, -0.15) is 9.90 Å². The van der Waals surface area contributed by atoms with Gasteiger partial charge in [-0.3, -0.25) is 28.2 Å². The first-order valence-corrected chi connectivity index (χ1v) is 23.7. The molecule has 1 atom stereocenters. The van der Waals surface area contributed by atoms with E-state index in [0.717, 1.165) is 0 Å². The van der Waals surface area contributed by atoms with E-state index in [4.69, 9.17) is 0 Å². The zero-order valence-corrected chi connectivity index (χ0v) is 40.1. The van der Waals surface area contributed by atoms with Crippen molar-refractivity contribution in [1.82, 2.24) is 19.4 Å². The van der Waals surface area contributed by atoms with Gasteiger partial charge in [-0.05, 0) is 133 Å². The molecule has 4 heterocycles. The summed E-state index contributed by atoms with van der Waals surface area (Å²) in [5, 5.41) is 7.97. The molecule has 4 aromatic heterocycles. The lowest BCUT2D eigenvalue weighted by molar-refractivity contribution is 0.423. The molecule has 0 aliphatic heterocycles. The van der Waals surface area contributed by atoms with Crippen LogP contribution in [0.15, 0.2) is 187 Å². The third-order valence-electron chi connectivity index (χ3n) is 11.0. The van der Waals surface area contributed by atoms with Crippen molar-refractivity contribution in [3.8, 4) is 33.6 Å². The van der Waals surface area contributed by atoms with Crippen LogP contribution in [0.4, 0.5) is 29.2 Å². The third-order valence-corrected chi connectivity index (χ3v) is 13.7. The Hall–Kier alpha value is -8.19. The summed E-state index contributed by atoms with van der Waals surface area (Å²) in [5.74, 6) is -2.18. The predicted molar refractivity (Wildman–Crippen MR) is 272 cm³/mol. The maximum Gasteiger partial charge on any atom is 0.263 e. The molecular weight excluding hydrogens is 996 g/mol. The van der Waals surface area contributed by atoms with E-state index < -0.39 is 54.4 Å². The molecule has 1 unspecified atom stereocenters. The standard InChI is InChI=1S/2C25H17F2N3O4S.CH4.H3P/c2*1-15-11-20(16-3-2-4-18(26)12-16)21(27)14-23(15)30-22-7-6-19(13-17(22)5-8-25(30)31)35(32,33)29-24-9-10-34-28-24;;/h2*2-14H,1H3,(H,28,29);1H4;1H3. The minimum atomic E-state index is -3.97. The van der Waals surface area contributed by atoms with Gasteiger partial charge in [0.15, 0.2) is 11.6 Å². The summed E-state index contributed by atoms with van der Waals surface area (Å²) in [6, 6.07) is 33.4. The Labute approximate surface area is 411 Å². The van der Waals surface area contributed by atoms with Crippen molar-refractivity contribution < 1.29 is 43.4 Å². The van der Waals surface area contributed by atoms with Gasteiger partial charge >= 0.3 is 0 Å². The van der Waals surface area contributed by atoms with Crippen molar-refractivity contribution >= 4 is 63.4 Å². The number of sulfonamides is 2. The second-order valence-corrected chi connectivity index (χ2v) is 19.1. The van der Waals surface area contributed by atoms with Crippen molar-refractivity contribution in [2.45, 2.75) is 31.1 Å². The normalized spacial score (nSPS) is 11.3. The molecule has 0 aliphatic rings.